The van der Waals surface area contributed by atoms with E-state index in [4.69, 9.17) is 4.98 Å². The Balaban J connectivity index is 1.53. The number of unbranched alkanes of at least 4 members (excludes halogenated alkanes) is 1. The van der Waals surface area contributed by atoms with Crippen molar-refractivity contribution in [2.75, 3.05) is 13.1 Å². The van der Waals surface area contributed by atoms with Crippen LogP contribution in [0.15, 0.2) is 40.6 Å². The zero-order chi connectivity index (χ0) is 22.6. The molecule has 1 saturated heterocycles. The summed E-state index contributed by atoms with van der Waals surface area (Å²) in [7, 11) is -3.48. The van der Waals surface area contributed by atoms with E-state index in [0.29, 0.717) is 42.9 Å². The SMILES string of the molecule is CCCCn1c(CCC(=O)NCc2cccs2)nc2cc(S(=O)(=O)N3CCCC3)ccc21. The Bertz CT molecular complexity index is 1160. The molecule has 1 amide bonds. The Morgan fingerprint density at radius 1 is 1.22 bits per heavy atom. The van der Waals surface area contributed by atoms with Gasteiger partial charge in [-0.3, -0.25) is 4.79 Å². The Kier molecular flexibility index (Phi) is 7.27. The maximum absolute atomic E-state index is 13.0. The smallest absolute Gasteiger partial charge is 0.243 e. The minimum Gasteiger partial charge on any atom is -0.351 e. The number of hydrogen-bond acceptors (Lipinski definition) is 5. The second-order valence-corrected chi connectivity index (χ2v) is 11.1. The number of imidazole rings is 1. The number of hydrogen-bond donors (Lipinski definition) is 1. The van der Waals surface area contributed by atoms with Crippen molar-refractivity contribution < 1.29 is 13.2 Å². The summed E-state index contributed by atoms with van der Waals surface area (Å²) in [6.45, 7) is 4.64. The highest BCUT2D eigenvalue weighted by Crippen LogP contribution is 2.26. The van der Waals surface area contributed by atoms with Gasteiger partial charge in [0.15, 0.2) is 0 Å². The zero-order valence-electron chi connectivity index (χ0n) is 18.4. The highest BCUT2D eigenvalue weighted by Gasteiger charge is 2.27. The lowest BCUT2D eigenvalue weighted by molar-refractivity contribution is -0.121. The second kappa shape index (κ2) is 10.1. The predicted octanol–water partition coefficient (Wildman–Crippen LogP) is 3.93. The van der Waals surface area contributed by atoms with Crippen LogP contribution in [0.4, 0.5) is 0 Å². The lowest BCUT2D eigenvalue weighted by atomic mass is 10.2. The number of rotatable bonds is 10. The number of fused-ring (bicyclic) bond motifs is 1. The van der Waals surface area contributed by atoms with Crippen molar-refractivity contribution in [2.24, 2.45) is 0 Å². The fourth-order valence-corrected chi connectivity index (χ4v) is 6.25. The van der Waals surface area contributed by atoms with Crippen molar-refractivity contribution >= 4 is 38.3 Å². The molecule has 7 nitrogen and oxygen atoms in total. The number of thiophene rings is 1. The molecule has 32 heavy (non-hydrogen) atoms. The third-order valence-electron chi connectivity index (χ3n) is 5.85. The van der Waals surface area contributed by atoms with Crippen LogP contribution < -0.4 is 5.32 Å². The topological polar surface area (TPSA) is 84.3 Å². The largest absolute Gasteiger partial charge is 0.351 e. The van der Waals surface area contributed by atoms with Crippen molar-refractivity contribution in [2.45, 2.75) is 63.4 Å². The van der Waals surface area contributed by atoms with Crippen LogP contribution in [0.5, 0.6) is 0 Å². The highest BCUT2D eigenvalue weighted by molar-refractivity contribution is 7.89. The number of carbonyl (C=O) groups is 1. The van der Waals surface area contributed by atoms with Crippen LogP contribution in [0.3, 0.4) is 0 Å². The van der Waals surface area contributed by atoms with E-state index in [9.17, 15) is 13.2 Å². The first kappa shape index (κ1) is 22.9. The molecule has 0 bridgehead atoms. The van der Waals surface area contributed by atoms with Gasteiger partial charge in [-0.2, -0.15) is 4.31 Å². The molecule has 0 spiro atoms. The van der Waals surface area contributed by atoms with E-state index >= 15 is 0 Å². The standard InChI is InChI=1S/C23H30N4O3S2/c1-2-3-14-27-21-9-8-19(32(29,30)26-12-4-5-13-26)16-20(21)25-22(27)10-11-23(28)24-17-18-7-6-15-31-18/h6-9,15-16H,2-5,10-14,17H2,1H3,(H,24,28). The van der Waals surface area contributed by atoms with Gasteiger partial charge in [-0.15, -0.1) is 11.3 Å². The van der Waals surface area contributed by atoms with E-state index < -0.39 is 10.0 Å². The Morgan fingerprint density at radius 2 is 2.03 bits per heavy atom. The maximum atomic E-state index is 13.0. The Labute approximate surface area is 193 Å². The minimum absolute atomic E-state index is 0.00945. The van der Waals surface area contributed by atoms with Crippen LogP contribution in [0, 0.1) is 0 Å². The molecule has 1 aliphatic rings. The minimum atomic E-state index is -3.48. The molecule has 3 aromatic rings. The molecule has 0 saturated carbocycles. The highest BCUT2D eigenvalue weighted by atomic mass is 32.2. The monoisotopic (exact) mass is 474 g/mol. The van der Waals surface area contributed by atoms with Gasteiger partial charge in [0.25, 0.3) is 0 Å². The van der Waals surface area contributed by atoms with Crippen LogP contribution in [-0.4, -0.2) is 41.3 Å². The number of aromatic nitrogens is 2. The molecular formula is C23H30N4O3S2. The molecule has 1 fully saturated rings. The third kappa shape index (κ3) is 5.05. The van der Waals surface area contributed by atoms with Crippen LogP contribution >= 0.6 is 11.3 Å². The zero-order valence-corrected chi connectivity index (χ0v) is 20.1. The normalized spacial score (nSPS) is 14.9. The molecule has 0 unspecified atom stereocenters. The quantitative estimate of drug-likeness (QED) is 0.483. The van der Waals surface area contributed by atoms with Crippen LogP contribution in [0.2, 0.25) is 0 Å². The molecule has 172 valence electrons. The Morgan fingerprint density at radius 3 is 2.75 bits per heavy atom. The van der Waals surface area contributed by atoms with E-state index in [1.165, 1.54) is 0 Å². The van der Waals surface area contributed by atoms with Crippen molar-refractivity contribution in [3.8, 4) is 0 Å². The summed E-state index contributed by atoms with van der Waals surface area (Å²) in [5.41, 5.74) is 1.60. The Hall–Kier alpha value is -2.23. The van der Waals surface area contributed by atoms with E-state index in [2.05, 4.69) is 16.8 Å². The summed E-state index contributed by atoms with van der Waals surface area (Å²) in [5.74, 6) is 0.820. The van der Waals surface area contributed by atoms with Gasteiger partial charge in [0.2, 0.25) is 15.9 Å². The van der Waals surface area contributed by atoms with Gasteiger partial charge in [-0.1, -0.05) is 19.4 Å². The van der Waals surface area contributed by atoms with Gasteiger partial charge >= 0.3 is 0 Å². The van der Waals surface area contributed by atoms with E-state index in [-0.39, 0.29) is 5.91 Å². The van der Waals surface area contributed by atoms with E-state index in [1.807, 2.05) is 23.6 Å². The molecule has 1 N–H and O–H groups in total. The van der Waals surface area contributed by atoms with E-state index in [0.717, 1.165) is 48.4 Å². The molecule has 4 rings (SSSR count). The molecule has 0 atom stereocenters. The molecule has 1 aromatic carbocycles. The second-order valence-electron chi connectivity index (χ2n) is 8.15. The van der Waals surface area contributed by atoms with Gasteiger partial charge in [-0.25, -0.2) is 13.4 Å². The van der Waals surface area contributed by atoms with Crippen molar-refractivity contribution in [3.05, 3.63) is 46.4 Å². The first-order chi connectivity index (χ1) is 15.5. The summed E-state index contributed by atoms with van der Waals surface area (Å²) >= 11 is 1.62. The number of aryl methyl sites for hydroxylation is 2. The van der Waals surface area contributed by atoms with Crippen molar-refractivity contribution in [1.82, 2.24) is 19.2 Å². The van der Waals surface area contributed by atoms with Gasteiger partial charge in [0, 0.05) is 37.4 Å². The summed E-state index contributed by atoms with van der Waals surface area (Å²) < 4.78 is 29.6. The number of sulfonamides is 1. The third-order valence-corrected chi connectivity index (χ3v) is 8.62. The molecule has 0 aliphatic carbocycles. The van der Waals surface area contributed by atoms with Gasteiger partial charge in [0.05, 0.1) is 22.5 Å². The molecule has 3 heterocycles. The number of nitrogens with zero attached hydrogens (tertiary/aromatic N) is 3. The molecule has 2 aromatic heterocycles. The van der Waals surface area contributed by atoms with Gasteiger partial charge < -0.3 is 9.88 Å². The van der Waals surface area contributed by atoms with Crippen LogP contribution in [0.1, 0.15) is 49.7 Å². The fraction of sp³-hybridized carbons (Fsp3) is 0.478. The van der Waals surface area contributed by atoms with Crippen molar-refractivity contribution in [1.29, 1.82) is 0 Å². The first-order valence-corrected chi connectivity index (χ1v) is 13.6. The van der Waals surface area contributed by atoms with Gasteiger partial charge in [0.1, 0.15) is 5.82 Å². The summed E-state index contributed by atoms with van der Waals surface area (Å²) in [5, 5.41) is 4.96. The molecule has 1 aliphatic heterocycles. The number of nitrogens with one attached hydrogen (secondary N) is 1. The average molecular weight is 475 g/mol. The van der Waals surface area contributed by atoms with Gasteiger partial charge in [-0.05, 0) is 48.9 Å². The van der Waals surface area contributed by atoms with Crippen LogP contribution in [0.25, 0.3) is 11.0 Å². The summed E-state index contributed by atoms with van der Waals surface area (Å²) in [4.78, 5) is 18.5. The number of benzene rings is 1. The molecule has 0 radical (unpaired) electrons. The average Bonchev–Trinajstić information content (AvgIpc) is 3.55. The summed E-state index contributed by atoms with van der Waals surface area (Å²) in [6.07, 6.45) is 4.72. The van der Waals surface area contributed by atoms with Crippen LogP contribution in [-0.2, 0) is 34.3 Å². The first-order valence-electron chi connectivity index (χ1n) is 11.3. The predicted molar refractivity (Wildman–Crippen MR) is 127 cm³/mol. The lowest BCUT2D eigenvalue weighted by Gasteiger charge is -2.15. The van der Waals surface area contributed by atoms with E-state index in [1.54, 1.807) is 27.8 Å². The lowest BCUT2D eigenvalue weighted by Crippen LogP contribution is -2.27. The number of amides is 1. The molecular weight excluding hydrogens is 444 g/mol. The number of carbonyl (C=O) groups excluding carboxylic acids is 1. The maximum Gasteiger partial charge on any atom is 0.243 e. The molecule has 9 heteroatoms. The van der Waals surface area contributed by atoms with Crippen molar-refractivity contribution in [3.63, 3.8) is 0 Å². The summed E-state index contributed by atoms with van der Waals surface area (Å²) in [6, 6.07) is 9.22. The fourth-order valence-electron chi connectivity index (χ4n) is 4.07.